The first-order valence-corrected chi connectivity index (χ1v) is 13.6. The zero-order valence-electron chi connectivity index (χ0n) is 22.8. The minimum atomic E-state index is -1.00. The lowest BCUT2D eigenvalue weighted by Gasteiger charge is -2.20. The van der Waals surface area contributed by atoms with Crippen molar-refractivity contribution in [3.63, 3.8) is 0 Å². The van der Waals surface area contributed by atoms with Crippen molar-refractivity contribution in [3.05, 3.63) is 161 Å². The molecule has 4 aromatic carbocycles. The number of esters is 1. The number of imidazole rings is 1. The molecule has 5 rings (SSSR count). The Bertz CT molecular complexity index is 1570. The van der Waals surface area contributed by atoms with Crippen LogP contribution in [0.2, 0.25) is 0 Å². The molecule has 5 aromatic rings. The maximum Gasteiger partial charge on any atom is 0.329 e. The van der Waals surface area contributed by atoms with E-state index in [2.05, 4.69) is 20.6 Å². The second-order valence-corrected chi connectivity index (χ2v) is 9.66. The number of hydrogen-bond donors (Lipinski definition) is 3. The summed E-state index contributed by atoms with van der Waals surface area (Å²) in [5.41, 5.74) is 3.29. The number of aromatic amines is 1. The molecule has 210 valence electrons. The summed E-state index contributed by atoms with van der Waals surface area (Å²) in [6.07, 6.45) is 1.49. The van der Waals surface area contributed by atoms with Gasteiger partial charge in [-0.2, -0.15) is 0 Å². The molecule has 3 N–H and O–H groups in total. The van der Waals surface area contributed by atoms with Gasteiger partial charge in [0.15, 0.2) is 5.69 Å². The van der Waals surface area contributed by atoms with Gasteiger partial charge in [-0.15, -0.1) is 0 Å². The normalized spacial score (nSPS) is 11.5. The largest absolute Gasteiger partial charge is 0.459 e. The summed E-state index contributed by atoms with van der Waals surface area (Å²) in [5, 5.41) is 5.76. The van der Waals surface area contributed by atoms with Crippen molar-refractivity contribution in [2.24, 2.45) is 0 Å². The molecule has 42 heavy (non-hydrogen) atoms. The average Bonchev–Trinajstić information content (AvgIpc) is 3.55. The van der Waals surface area contributed by atoms with Crippen LogP contribution in [0.5, 0.6) is 0 Å². The average molecular weight is 559 g/mol. The topological polar surface area (TPSA) is 113 Å². The SMILES string of the molecule is O=C(N[C@@H](Cc1ccccc1)C(=O)OCc1ccccc1)c1nc[nH]c1C(=O)NC(c1ccccc1)c1ccccc1. The standard InChI is InChI=1S/C34H30N4O4/c39-32(37-28(21-24-13-5-1-6-14-24)34(41)42-22-25-15-7-2-8-16-25)30-31(36-23-35-30)33(40)38-29(26-17-9-3-10-18-26)27-19-11-4-12-20-27/h1-20,23,28-29H,21-22H2,(H,35,36)(H,37,39)(H,38,40)/t28-/m0/s1. The zero-order chi connectivity index (χ0) is 29.1. The van der Waals surface area contributed by atoms with Gasteiger partial charge in [0, 0.05) is 6.42 Å². The minimum Gasteiger partial charge on any atom is -0.459 e. The quantitative estimate of drug-likeness (QED) is 0.197. The van der Waals surface area contributed by atoms with Crippen LogP contribution in [-0.2, 0) is 22.6 Å². The van der Waals surface area contributed by atoms with Gasteiger partial charge in [0.2, 0.25) is 0 Å². The predicted octanol–water partition coefficient (Wildman–Crippen LogP) is 5.01. The summed E-state index contributed by atoms with van der Waals surface area (Å²) >= 11 is 0. The minimum absolute atomic E-state index is 0.0134. The van der Waals surface area contributed by atoms with Gasteiger partial charge in [-0.3, -0.25) is 9.59 Å². The number of nitrogens with one attached hydrogen (secondary N) is 3. The van der Waals surface area contributed by atoms with Gasteiger partial charge in [-0.05, 0) is 22.3 Å². The van der Waals surface area contributed by atoms with Crippen molar-refractivity contribution in [3.8, 4) is 0 Å². The van der Waals surface area contributed by atoms with E-state index in [1.807, 2.05) is 121 Å². The number of carbonyl (C=O) groups excluding carboxylic acids is 3. The van der Waals surface area contributed by atoms with Crippen molar-refractivity contribution in [1.82, 2.24) is 20.6 Å². The highest BCUT2D eigenvalue weighted by Crippen LogP contribution is 2.22. The van der Waals surface area contributed by atoms with Crippen LogP contribution in [0.4, 0.5) is 0 Å². The van der Waals surface area contributed by atoms with Gasteiger partial charge >= 0.3 is 5.97 Å². The number of ether oxygens (including phenoxy) is 1. The fourth-order valence-corrected chi connectivity index (χ4v) is 4.59. The second kappa shape index (κ2) is 13.7. The van der Waals surface area contributed by atoms with E-state index in [0.29, 0.717) is 0 Å². The predicted molar refractivity (Wildman–Crippen MR) is 158 cm³/mol. The molecular formula is C34H30N4O4. The Balaban J connectivity index is 1.34. The summed E-state index contributed by atoms with van der Waals surface area (Å²) < 4.78 is 5.55. The molecule has 1 atom stereocenters. The number of amides is 2. The highest BCUT2D eigenvalue weighted by Gasteiger charge is 2.28. The van der Waals surface area contributed by atoms with E-state index in [4.69, 9.17) is 4.74 Å². The Morgan fingerprint density at radius 2 is 1.19 bits per heavy atom. The van der Waals surface area contributed by atoms with E-state index >= 15 is 0 Å². The number of aromatic nitrogens is 2. The van der Waals surface area contributed by atoms with E-state index in [9.17, 15) is 14.4 Å². The monoisotopic (exact) mass is 558 g/mol. The smallest absolute Gasteiger partial charge is 0.329 e. The van der Waals surface area contributed by atoms with Crippen LogP contribution in [0.15, 0.2) is 128 Å². The van der Waals surface area contributed by atoms with E-state index < -0.39 is 29.9 Å². The first-order valence-electron chi connectivity index (χ1n) is 13.6. The van der Waals surface area contributed by atoms with Crippen LogP contribution in [0.1, 0.15) is 49.3 Å². The number of H-pyrrole nitrogens is 1. The van der Waals surface area contributed by atoms with Crippen LogP contribution >= 0.6 is 0 Å². The molecule has 0 spiro atoms. The Kier molecular flexibility index (Phi) is 9.16. The Labute approximate surface area is 243 Å². The highest BCUT2D eigenvalue weighted by atomic mass is 16.5. The highest BCUT2D eigenvalue weighted by molar-refractivity contribution is 6.05. The molecule has 0 fully saturated rings. The van der Waals surface area contributed by atoms with Gasteiger partial charge < -0.3 is 20.4 Å². The Hall–Kier alpha value is -5.50. The number of benzene rings is 4. The van der Waals surface area contributed by atoms with Crippen molar-refractivity contribution in [2.45, 2.75) is 25.1 Å². The number of rotatable bonds is 11. The van der Waals surface area contributed by atoms with Crippen LogP contribution in [0.3, 0.4) is 0 Å². The first kappa shape index (κ1) is 28.0. The van der Waals surface area contributed by atoms with E-state index in [0.717, 1.165) is 22.3 Å². The summed E-state index contributed by atoms with van der Waals surface area (Å²) in [5.74, 6) is -1.78. The first-order chi connectivity index (χ1) is 20.6. The molecule has 1 heterocycles. The summed E-state index contributed by atoms with van der Waals surface area (Å²) in [4.78, 5) is 47.0. The molecule has 0 radical (unpaired) electrons. The summed E-state index contributed by atoms with van der Waals surface area (Å²) in [6, 6.07) is 36.3. The fraction of sp³-hybridized carbons (Fsp3) is 0.118. The number of hydrogen-bond acceptors (Lipinski definition) is 5. The zero-order valence-corrected chi connectivity index (χ0v) is 22.8. The maximum atomic E-state index is 13.5. The van der Waals surface area contributed by atoms with E-state index in [1.54, 1.807) is 0 Å². The molecule has 8 heteroatoms. The molecule has 0 saturated heterocycles. The van der Waals surface area contributed by atoms with Gasteiger partial charge in [0.1, 0.15) is 18.3 Å². The van der Waals surface area contributed by atoms with E-state index in [1.165, 1.54) is 6.33 Å². The second-order valence-electron chi connectivity index (χ2n) is 9.66. The molecule has 1 aromatic heterocycles. The molecule has 0 aliphatic rings. The van der Waals surface area contributed by atoms with Crippen molar-refractivity contribution in [1.29, 1.82) is 0 Å². The summed E-state index contributed by atoms with van der Waals surface area (Å²) in [7, 11) is 0. The third-order valence-electron chi connectivity index (χ3n) is 6.72. The van der Waals surface area contributed by atoms with Crippen LogP contribution in [0.25, 0.3) is 0 Å². The molecule has 8 nitrogen and oxygen atoms in total. The van der Waals surface area contributed by atoms with Gasteiger partial charge in [-0.1, -0.05) is 121 Å². The molecule has 0 aliphatic heterocycles. The maximum absolute atomic E-state index is 13.5. The Morgan fingerprint density at radius 3 is 1.76 bits per heavy atom. The fourth-order valence-electron chi connectivity index (χ4n) is 4.59. The summed E-state index contributed by atoms with van der Waals surface area (Å²) in [6.45, 7) is 0.0667. The lowest BCUT2D eigenvalue weighted by molar-refractivity contribution is -0.147. The Morgan fingerprint density at radius 1 is 0.667 bits per heavy atom. The molecule has 2 amide bonds. The lowest BCUT2D eigenvalue weighted by atomic mass is 9.98. The van der Waals surface area contributed by atoms with Crippen molar-refractivity contribution >= 4 is 17.8 Å². The van der Waals surface area contributed by atoms with Crippen LogP contribution < -0.4 is 10.6 Å². The molecule has 0 bridgehead atoms. The molecule has 0 aliphatic carbocycles. The van der Waals surface area contributed by atoms with Crippen LogP contribution in [0, 0.1) is 0 Å². The van der Waals surface area contributed by atoms with Crippen molar-refractivity contribution < 1.29 is 19.1 Å². The lowest BCUT2D eigenvalue weighted by Crippen LogP contribution is -2.44. The van der Waals surface area contributed by atoms with Crippen LogP contribution in [-0.4, -0.2) is 33.8 Å². The molecule has 0 saturated carbocycles. The third kappa shape index (κ3) is 7.17. The number of nitrogens with zero attached hydrogens (tertiary/aromatic N) is 1. The van der Waals surface area contributed by atoms with E-state index in [-0.39, 0.29) is 24.4 Å². The molecular weight excluding hydrogens is 528 g/mol. The number of carbonyl (C=O) groups is 3. The van der Waals surface area contributed by atoms with Gasteiger partial charge in [0.25, 0.3) is 11.8 Å². The van der Waals surface area contributed by atoms with Crippen molar-refractivity contribution in [2.75, 3.05) is 0 Å². The van der Waals surface area contributed by atoms with Gasteiger partial charge in [0.05, 0.1) is 12.4 Å². The molecule has 0 unspecified atom stereocenters. The third-order valence-corrected chi connectivity index (χ3v) is 6.72. The van der Waals surface area contributed by atoms with Gasteiger partial charge in [-0.25, -0.2) is 9.78 Å².